The number of anilines is 2. The predicted molar refractivity (Wildman–Crippen MR) is 154 cm³/mol. The molecule has 2 fully saturated rings. The summed E-state index contributed by atoms with van der Waals surface area (Å²) in [5.41, 5.74) is 5.12. The van der Waals surface area contributed by atoms with E-state index in [0.717, 1.165) is 56.8 Å². The number of fused-ring (bicyclic) bond motifs is 1. The lowest BCUT2D eigenvalue weighted by Gasteiger charge is -2.27. The van der Waals surface area contributed by atoms with Crippen LogP contribution in [0.15, 0.2) is 77.7 Å². The largest absolute Gasteiger partial charge is 0.354 e. The summed E-state index contributed by atoms with van der Waals surface area (Å²) >= 11 is 0. The van der Waals surface area contributed by atoms with Gasteiger partial charge in [-0.3, -0.25) is 9.69 Å². The number of sulfonamides is 1. The molecule has 3 aliphatic rings. The quantitative estimate of drug-likeness (QED) is 0.307. The van der Waals surface area contributed by atoms with E-state index in [1.54, 1.807) is 18.2 Å². The SMILES string of the molecule is O=C1Nc2ccc(S(=O)(=O)NCC3CC3)cc2/C1=C(/Nc1ccc(CN2CCNCC2)cc1)c1ccccc1. The van der Waals surface area contributed by atoms with Crippen molar-refractivity contribution < 1.29 is 13.2 Å². The Kier molecular flexibility index (Phi) is 7.22. The van der Waals surface area contributed by atoms with Gasteiger partial charge < -0.3 is 16.0 Å². The summed E-state index contributed by atoms with van der Waals surface area (Å²) in [7, 11) is -3.68. The van der Waals surface area contributed by atoms with Gasteiger partial charge in [0.15, 0.2) is 0 Å². The number of rotatable bonds is 9. The maximum absolute atomic E-state index is 13.3. The van der Waals surface area contributed by atoms with E-state index in [2.05, 4.69) is 37.7 Å². The van der Waals surface area contributed by atoms with Crippen LogP contribution in [0.1, 0.15) is 29.5 Å². The van der Waals surface area contributed by atoms with Gasteiger partial charge in [-0.2, -0.15) is 0 Å². The molecule has 1 saturated carbocycles. The van der Waals surface area contributed by atoms with Crippen molar-refractivity contribution in [2.75, 3.05) is 43.4 Å². The molecule has 2 aliphatic heterocycles. The summed E-state index contributed by atoms with van der Waals surface area (Å²) < 4.78 is 28.7. The predicted octanol–water partition coefficient (Wildman–Crippen LogP) is 3.71. The Hall–Kier alpha value is -3.50. The lowest BCUT2D eigenvalue weighted by molar-refractivity contribution is -0.110. The maximum atomic E-state index is 13.3. The van der Waals surface area contributed by atoms with Gasteiger partial charge in [0.25, 0.3) is 5.91 Å². The fourth-order valence-corrected chi connectivity index (χ4v) is 6.19. The van der Waals surface area contributed by atoms with Crippen molar-refractivity contribution in [3.8, 4) is 0 Å². The van der Waals surface area contributed by atoms with Crippen molar-refractivity contribution >= 4 is 38.6 Å². The number of carbonyl (C=O) groups is 1. The van der Waals surface area contributed by atoms with Gasteiger partial charge in [0.05, 0.1) is 16.2 Å². The highest BCUT2D eigenvalue weighted by Crippen LogP contribution is 2.39. The lowest BCUT2D eigenvalue weighted by Crippen LogP contribution is -2.42. The number of hydrogen-bond donors (Lipinski definition) is 4. The highest BCUT2D eigenvalue weighted by atomic mass is 32.2. The zero-order valence-corrected chi connectivity index (χ0v) is 22.6. The zero-order chi connectivity index (χ0) is 26.8. The maximum Gasteiger partial charge on any atom is 0.258 e. The van der Waals surface area contributed by atoms with Gasteiger partial charge >= 0.3 is 0 Å². The van der Waals surface area contributed by atoms with E-state index in [-0.39, 0.29) is 10.8 Å². The molecule has 1 saturated heterocycles. The second-order valence-corrected chi connectivity index (χ2v) is 12.2. The molecule has 2 heterocycles. The first kappa shape index (κ1) is 25.8. The Morgan fingerprint density at radius 1 is 0.949 bits per heavy atom. The first-order valence-electron chi connectivity index (χ1n) is 13.5. The summed E-state index contributed by atoms with van der Waals surface area (Å²) in [6, 6.07) is 22.7. The fourth-order valence-electron chi connectivity index (χ4n) is 5.04. The third-order valence-corrected chi connectivity index (χ3v) is 8.88. The number of carbonyl (C=O) groups excluding carboxylic acids is 1. The molecule has 0 bridgehead atoms. The van der Waals surface area contributed by atoms with Gasteiger partial charge in [-0.1, -0.05) is 42.5 Å². The minimum absolute atomic E-state index is 0.153. The number of piperazine rings is 1. The van der Waals surface area contributed by atoms with Crippen molar-refractivity contribution in [3.63, 3.8) is 0 Å². The smallest absolute Gasteiger partial charge is 0.258 e. The van der Waals surface area contributed by atoms with Crippen molar-refractivity contribution in [1.82, 2.24) is 14.9 Å². The third-order valence-electron chi connectivity index (χ3n) is 7.46. The van der Waals surface area contributed by atoms with Gasteiger partial charge in [-0.05, 0) is 60.2 Å². The molecular weight excluding hydrogens is 510 g/mol. The van der Waals surface area contributed by atoms with Crippen molar-refractivity contribution in [2.45, 2.75) is 24.3 Å². The van der Waals surface area contributed by atoms with Crippen LogP contribution in [0.5, 0.6) is 0 Å². The highest BCUT2D eigenvalue weighted by Gasteiger charge is 2.31. The molecule has 39 heavy (non-hydrogen) atoms. The molecule has 3 aromatic carbocycles. The van der Waals surface area contributed by atoms with Gasteiger partial charge in [0.2, 0.25) is 10.0 Å². The molecule has 6 rings (SSSR count). The van der Waals surface area contributed by atoms with Crippen LogP contribution in [-0.4, -0.2) is 51.9 Å². The van der Waals surface area contributed by atoms with Crippen LogP contribution in [-0.2, 0) is 21.4 Å². The topological polar surface area (TPSA) is 103 Å². The number of amides is 1. The van der Waals surface area contributed by atoms with Crippen LogP contribution in [0.2, 0.25) is 0 Å². The molecular formula is C30H33N5O3S. The van der Waals surface area contributed by atoms with E-state index in [4.69, 9.17) is 0 Å². The van der Waals surface area contributed by atoms with Crippen LogP contribution in [0.3, 0.4) is 0 Å². The van der Waals surface area contributed by atoms with Gasteiger partial charge in [0, 0.05) is 56.2 Å². The average Bonchev–Trinajstić information content (AvgIpc) is 3.73. The Bertz CT molecular complexity index is 1490. The van der Waals surface area contributed by atoms with Crippen LogP contribution in [0.25, 0.3) is 11.3 Å². The molecule has 0 radical (unpaired) electrons. The summed E-state index contributed by atoms with van der Waals surface area (Å²) in [5.74, 6) is 0.150. The molecule has 0 unspecified atom stereocenters. The Balaban J connectivity index is 1.33. The van der Waals surface area contributed by atoms with Crippen LogP contribution in [0.4, 0.5) is 11.4 Å². The van der Waals surface area contributed by atoms with Crippen LogP contribution < -0.4 is 20.7 Å². The average molecular weight is 544 g/mol. The molecule has 0 atom stereocenters. The summed E-state index contributed by atoms with van der Waals surface area (Å²) in [4.78, 5) is 15.9. The fraction of sp³-hybridized carbons (Fsp3) is 0.300. The number of nitrogens with zero attached hydrogens (tertiary/aromatic N) is 1. The van der Waals surface area contributed by atoms with E-state index >= 15 is 0 Å². The molecule has 1 aliphatic carbocycles. The number of benzene rings is 3. The molecule has 9 heteroatoms. The lowest BCUT2D eigenvalue weighted by atomic mass is 10.00. The van der Waals surface area contributed by atoms with E-state index in [0.29, 0.717) is 35.0 Å². The first-order chi connectivity index (χ1) is 19.0. The van der Waals surface area contributed by atoms with Gasteiger partial charge in [0.1, 0.15) is 0 Å². The Morgan fingerprint density at radius 3 is 2.41 bits per heavy atom. The van der Waals surface area contributed by atoms with Crippen LogP contribution >= 0.6 is 0 Å². The zero-order valence-electron chi connectivity index (χ0n) is 21.7. The minimum atomic E-state index is -3.68. The van der Waals surface area contributed by atoms with E-state index in [9.17, 15) is 13.2 Å². The monoisotopic (exact) mass is 543 g/mol. The molecule has 4 N–H and O–H groups in total. The normalized spacial score (nSPS) is 18.9. The second-order valence-electron chi connectivity index (χ2n) is 10.4. The van der Waals surface area contributed by atoms with Gasteiger partial charge in [-0.25, -0.2) is 13.1 Å². The van der Waals surface area contributed by atoms with E-state index in [1.807, 2.05) is 42.5 Å². The molecule has 0 aromatic heterocycles. The molecule has 202 valence electrons. The third kappa shape index (κ3) is 5.91. The molecule has 3 aromatic rings. The number of nitrogens with one attached hydrogen (secondary N) is 4. The van der Waals surface area contributed by atoms with Crippen molar-refractivity contribution in [1.29, 1.82) is 0 Å². The van der Waals surface area contributed by atoms with E-state index in [1.165, 1.54) is 5.56 Å². The Morgan fingerprint density at radius 2 is 1.69 bits per heavy atom. The van der Waals surface area contributed by atoms with E-state index < -0.39 is 10.0 Å². The van der Waals surface area contributed by atoms with Crippen LogP contribution in [0, 0.1) is 5.92 Å². The minimum Gasteiger partial charge on any atom is -0.354 e. The molecule has 0 spiro atoms. The summed E-state index contributed by atoms with van der Waals surface area (Å²) in [5, 5.41) is 9.77. The molecule has 8 nitrogen and oxygen atoms in total. The Labute approximate surface area is 229 Å². The van der Waals surface area contributed by atoms with Crippen molar-refractivity contribution in [2.24, 2.45) is 5.92 Å². The second kappa shape index (κ2) is 10.9. The highest BCUT2D eigenvalue weighted by molar-refractivity contribution is 7.89. The standard InChI is InChI=1S/C30H33N5O3S/c36-30-28(26-18-25(12-13-27(26)34-30)39(37,38)32-19-21-6-7-21)29(23-4-2-1-3-5-23)33-24-10-8-22(9-11-24)20-35-16-14-31-15-17-35/h1-5,8-13,18,21,31-33H,6-7,14-17,19-20H2,(H,34,36)/b29-28-. The summed E-state index contributed by atoms with van der Waals surface area (Å²) in [6.45, 7) is 5.43. The van der Waals surface area contributed by atoms with Gasteiger partial charge in [-0.15, -0.1) is 0 Å². The van der Waals surface area contributed by atoms with Crippen molar-refractivity contribution in [3.05, 3.63) is 89.5 Å². The summed E-state index contributed by atoms with van der Waals surface area (Å²) in [6.07, 6.45) is 2.11. The number of hydrogen-bond acceptors (Lipinski definition) is 6. The first-order valence-corrected chi connectivity index (χ1v) is 15.0. The molecule has 1 amide bonds.